The second-order valence-corrected chi connectivity index (χ2v) is 9.06. The van der Waals surface area contributed by atoms with Gasteiger partial charge >= 0.3 is 6.09 Å². The van der Waals surface area contributed by atoms with E-state index in [1.54, 1.807) is 0 Å². The van der Waals surface area contributed by atoms with E-state index >= 15 is 0 Å². The van der Waals surface area contributed by atoms with Crippen LogP contribution >= 0.6 is 0 Å². The van der Waals surface area contributed by atoms with Gasteiger partial charge in [-0.3, -0.25) is 9.78 Å². The third-order valence-electron chi connectivity index (χ3n) is 5.73. The number of hydrogen-bond donors (Lipinski definition) is 3. The highest BCUT2D eigenvalue weighted by molar-refractivity contribution is 5.97. The van der Waals surface area contributed by atoms with Crippen LogP contribution in [-0.4, -0.2) is 22.1 Å². The van der Waals surface area contributed by atoms with Gasteiger partial charge in [-0.05, 0) is 67.3 Å². The van der Waals surface area contributed by atoms with Gasteiger partial charge < -0.3 is 16.2 Å². The zero-order valence-electron chi connectivity index (χ0n) is 19.6. The van der Waals surface area contributed by atoms with E-state index in [0.717, 1.165) is 64.5 Å². The van der Waals surface area contributed by atoms with Gasteiger partial charge in [-0.25, -0.2) is 4.79 Å². The van der Waals surface area contributed by atoms with Gasteiger partial charge in [-0.1, -0.05) is 49.7 Å². The molecule has 3 rings (SSSR count). The first-order valence-electron chi connectivity index (χ1n) is 11.5. The Kier molecular flexibility index (Phi) is 8.04. The van der Waals surface area contributed by atoms with Crippen LogP contribution in [0, 0.1) is 12.8 Å². The lowest BCUT2D eigenvalue weighted by molar-refractivity contribution is -0.118. The molecule has 1 heterocycles. The fourth-order valence-corrected chi connectivity index (χ4v) is 4.14. The summed E-state index contributed by atoms with van der Waals surface area (Å²) in [5, 5.41) is 12.9. The van der Waals surface area contributed by atoms with Crippen LogP contribution in [0.3, 0.4) is 0 Å². The zero-order valence-corrected chi connectivity index (χ0v) is 19.6. The lowest BCUT2D eigenvalue weighted by Gasteiger charge is -2.19. The first-order chi connectivity index (χ1) is 15.7. The number of nitrogens with zero attached hydrogens (tertiary/aromatic N) is 1. The zero-order chi connectivity index (χ0) is 24.0. The van der Waals surface area contributed by atoms with Crippen molar-refractivity contribution in [2.75, 3.05) is 0 Å². The third-order valence-corrected chi connectivity index (χ3v) is 5.73. The summed E-state index contributed by atoms with van der Waals surface area (Å²) in [6, 6.07) is 14.6. The maximum absolute atomic E-state index is 11.3. The average molecular weight is 448 g/mol. The molecule has 0 aliphatic heterocycles. The molecule has 2 amide bonds. The van der Waals surface area contributed by atoms with Crippen molar-refractivity contribution in [2.45, 2.75) is 59.4 Å². The maximum atomic E-state index is 11.3. The lowest BCUT2D eigenvalue weighted by atomic mass is 9.90. The van der Waals surface area contributed by atoms with Crippen molar-refractivity contribution in [3.63, 3.8) is 0 Å². The topological polar surface area (TPSA) is 105 Å². The van der Waals surface area contributed by atoms with Gasteiger partial charge in [-0.15, -0.1) is 0 Å². The van der Waals surface area contributed by atoms with Crippen molar-refractivity contribution in [3.05, 3.63) is 64.8 Å². The number of benzene rings is 2. The lowest BCUT2D eigenvalue weighted by Crippen LogP contribution is -2.22. The molecule has 0 unspecified atom stereocenters. The van der Waals surface area contributed by atoms with E-state index in [1.165, 1.54) is 5.56 Å². The van der Waals surface area contributed by atoms with Gasteiger partial charge in [-0.2, -0.15) is 0 Å². The summed E-state index contributed by atoms with van der Waals surface area (Å²) in [7, 11) is 0. The van der Waals surface area contributed by atoms with Crippen molar-refractivity contribution in [1.82, 2.24) is 10.3 Å². The number of primary amides is 1. The van der Waals surface area contributed by atoms with E-state index in [-0.39, 0.29) is 12.5 Å². The van der Waals surface area contributed by atoms with Crippen LogP contribution in [0.4, 0.5) is 4.79 Å². The number of nitrogens with one attached hydrogen (secondary N) is 1. The molecule has 0 spiro atoms. The van der Waals surface area contributed by atoms with Crippen molar-refractivity contribution in [1.29, 1.82) is 0 Å². The Bertz CT molecular complexity index is 1140. The molecule has 0 fully saturated rings. The second kappa shape index (κ2) is 10.9. The van der Waals surface area contributed by atoms with Crippen molar-refractivity contribution < 1.29 is 14.7 Å². The number of aryl methyl sites for hydroxylation is 2. The SMILES string of the molecule is Cc1ccc(-c2c(CNC(=O)O)c(CC(C)C)nc3ccc(CCCCC(N)=O)cc23)cc1. The Morgan fingerprint density at radius 1 is 1.09 bits per heavy atom. The van der Waals surface area contributed by atoms with E-state index < -0.39 is 6.09 Å². The van der Waals surface area contributed by atoms with E-state index in [2.05, 4.69) is 68.6 Å². The summed E-state index contributed by atoms with van der Waals surface area (Å²) < 4.78 is 0. The molecular weight excluding hydrogens is 414 g/mol. The minimum Gasteiger partial charge on any atom is -0.465 e. The Balaban J connectivity index is 2.15. The minimum absolute atomic E-state index is 0.201. The smallest absolute Gasteiger partial charge is 0.404 e. The monoisotopic (exact) mass is 447 g/mol. The molecular formula is C27H33N3O3. The third kappa shape index (κ3) is 6.54. The standard InChI is InChI=1S/C27H33N3O3/c1-17(2)14-24-22(16-29-27(32)33)26(20-11-8-18(3)9-12-20)21-15-19(10-13-23(21)30-24)6-4-5-7-25(28)31/h8-13,15,17,29H,4-7,14,16H2,1-3H3,(H2,28,31)(H,32,33). The second-order valence-electron chi connectivity index (χ2n) is 9.06. The predicted molar refractivity (Wildman–Crippen MR) is 132 cm³/mol. The molecule has 3 aromatic rings. The van der Waals surface area contributed by atoms with Crippen molar-refractivity contribution in [3.8, 4) is 11.1 Å². The first-order valence-corrected chi connectivity index (χ1v) is 11.5. The number of fused-ring (bicyclic) bond motifs is 1. The van der Waals surface area contributed by atoms with Gasteiger partial charge in [0.25, 0.3) is 0 Å². The number of carboxylic acid groups (broad SMARTS) is 1. The van der Waals surface area contributed by atoms with Crippen molar-refractivity contribution >= 4 is 22.9 Å². The number of aromatic nitrogens is 1. The molecule has 174 valence electrons. The number of nitrogens with two attached hydrogens (primary N) is 1. The van der Waals surface area contributed by atoms with Crippen LogP contribution in [0.2, 0.25) is 0 Å². The molecule has 4 N–H and O–H groups in total. The Hall–Kier alpha value is -3.41. The predicted octanol–water partition coefficient (Wildman–Crippen LogP) is 5.37. The summed E-state index contributed by atoms with van der Waals surface area (Å²) >= 11 is 0. The average Bonchev–Trinajstić information content (AvgIpc) is 2.75. The highest BCUT2D eigenvalue weighted by Gasteiger charge is 2.18. The van der Waals surface area contributed by atoms with Gasteiger partial charge in [0.1, 0.15) is 0 Å². The van der Waals surface area contributed by atoms with E-state index in [0.29, 0.717) is 12.3 Å². The molecule has 0 aliphatic carbocycles. The number of hydrogen-bond acceptors (Lipinski definition) is 3. The molecule has 1 aromatic heterocycles. The van der Waals surface area contributed by atoms with Gasteiger partial charge in [0.15, 0.2) is 0 Å². The molecule has 0 saturated carbocycles. The van der Waals surface area contributed by atoms with E-state index in [4.69, 9.17) is 10.7 Å². The molecule has 33 heavy (non-hydrogen) atoms. The fraction of sp³-hybridized carbons (Fsp3) is 0.370. The summed E-state index contributed by atoms with van der Waals surface area (Å²) in [6.07, 6.45) is 2.59. The van der Waals surface area contributed by atoms with Crippen LogP contribution in [-0.2, 0) is 24.2 Å². The Morgan fingerprint density at radius 3 is 2.45 bits per heavy atom. The molecule has 0 bridgehead atoms. The normalized spacial score (nSPS) is 11.2. The minimum atomic E-state index is -1.05. The molecule has 6 nitrogen and oxygen atoms in total. The van der Waals surface area contributed by atoms with Crippen molar-refractivity contribution in [2.24, 2.45) is 11.7 Å². The summed E-state index contributed by atoms with van der Waals surface area (Å²) in [4.78, 5) is 27.3. The fourth-order valence-electron chi connectivity index (χ4n) is 4.14. The number of pyridine rings is 1. The molecule has 0 radical (unpaired) electrons. The Morgan fingerprint density at radius 2 is 1.82 bits per heavy atom. The number of carbonyl (C=O) groups is 2. The van der Waals surface area contributed by atoms with Gasteiger partial charge in [0, 0.05) is 29.6 Å². The van der Waals surface area contributed by atoms with Crippen LogP contribution in [0.1, 0.15) is 55.5 Å². The first kappa shape index (κ1) is 24.2. The van der Waals surface area contributed by atoms with Crippen LogP contribution in [0.5, 0.6) is 0 Å². The number of carbonyl (C=O) groups excluding carboxylic acids is 1. The highest BCUT2D eigenvalue weighted by Crippen LogP contribution is 2.35. The quantitative estimate of drug-likeness (QED) is 0.363. The summed E-state index contributed by atoms with van der Waals surface area (Å²) in [6.45, 7) is 6.53. The highest BCUT2D eigenvalue weighted by atomic mass is 16.4. The Labute approximate surface area is 195 Å². The van der Waals surface area contributed by atoms with Crippen LogP contribution < -0.4 is 11.1 Å². The molecule has 0 aliphatic rings. The molecule has 2 aromatic carbocycles. The number of unbranched alkanes of at least 4 members (excludes halogenated alkanes) is 1. The van der Waals surface area contributed by atoms with E-state index in [1.807, 2.05) is 0 Å². The molecule has 6 heteroatoms. The maximum Gasteiger partial charge on any atom is 0.404 e. The summed E-state index contributed by atoms with van der Waals surface area (Å²) in [5.74, 6) is 0.113. The summed E-state index contributed by atoms with van der Waals surface area (Å²) in [5.41, 5.74) is 12.4. The molecule has 0 atom stereocenters. The van der Waals surface area contributed by atoms with Gasteiger partial charge in [0.05, 0.1) is 5.52 Å². The largest absolute Gasteiger partial charge is 0.465 e. The molecule has 0 saturated heterocycles. The number of amides is 2. The van der Waals surface area contributed by atoms with Crippen LogP contribution in [0.15, 0.2) is 42.5 Å². The van der Waals surface area contributed by atoms with Crippen LogP contribution in [0.25, 0.3) is 22.0 Å². The number of rotatable bonds is 10. The van der Waals surface area contributed by atoms with Gasteiger partial charge in [0.2, 0.25) is 5.91 Å². The van der Waals surface area contributed by atoms with E-state index in [9.17, 15) is 14.7 Å².